The van der Waals surface area contributed by atoms with Crippen molar-refractivity contribution in [2.24, 2.45) is 5.92 Å². The zero-order valence-corrected chi connectivity index (χ0v) is 12.4. The third kappa shape index (κ3) is 4.91. The van der Waals surface area contributed by atoms with Gasteiger partial charge in [-0.05, 0) is 30.2 Å². The van der Waals surface area contributed by atoms with Gasteiger partial charge in [-0.25, -0.2) is 0 Å². The zero-order valence-electron chi connectivity index (χ0n) is 12.4. The van der Waals surface area contributed by atoms with E-state index in [4.69, 9.17) is 0 Å². The van der Waals surface area contributed by atoms with Crippen LogP contribution in [-0.2, 0) is 4.79 Å². The van der Waals surface area contributed by atoms with Gasteiger partial charge < -0.3 is 15.2 Å². The molecule has 2 N–H and O–H groups in total. The van der Waals surface area contributed by atoms with E-state index in [9.17, 15) is 4.79 Å². The van der Waals surface area contributed by atoms with Crippen LogP contribution in [0, 0.1) is 5.92 Å². The largest absolute Gasteiger partial charge is 0.367 e. The predicted molar refractivity (Wildman–Crippen MR) is 82.3 cm³/mol. The molecule has 6 heteroatoms. The lowest BCUT2D eigenvalue weighted by Gasteiger charge is -2.08. The van der Waals surface area contributed by atoms with Crippen molar-refractivity contribution in [1.29, 1.82) is 0 Å². The van der Waals surface area contributed by atoms with Crippen LogP contribution in [0.2, 0.25) is 0 Å². The molecule has 0 atom stereocenters. The van der Waals surface area contributed by atoms with Crippen molar-refractivity contribution in [3.8, 4) is 5.82 Å². The smallest absolute Gasteiger partial charge is 0.220 e. The average molecular weight is 287 g/mol. The Hall–Kier alpha value is -2.37. The number of hydrogen-bond donors (Lipinski definition) is 2. The summed E-state index contributed by atoms with van der Waals surface area (Å²) in [6.07, 6.45) is 4.40. The van der Waals surface area contributed by atoms with Crippen molar-refractivity contribution in [2.75, 3.05) is 18.4 Å². The second-order valence-electron chi connectivity index (χ2n) is 5.24. The van der Waals surface area contributed by atoms with Crippen molar-refractivity contribution in [2.45, 2.75) is 20.3 Å². The predicted octanol–water partition coefficient (Wildman–Crippen LogP) is 1.84. The number of nitrogens with zero attached hydrogens (tertiary/aromatic N) is 3. The summed E-state index contributed by atoms with van der Waals surface area (Å²) in [5.74, 6) is 1.94. The Balaban J connectivity index is 1.73. The molecule has 21 heavy (non-hydrogen) atoms. The molecule has 0 aliphatic rings. The lowest BCUT2D eigenvalue weighted by atomic mass is 10.1. The van der Waals surface area contributed by atoms with Gasteiger partial charge >= 0.3 is 0 Å². The highest BCUT2D eigenvalue weighted by Gasteiger charge is 2.03. The fraction of sp³-hybridized carbons (Fsp3) is 0.400. The second-order valence-corrected chi connectivity index (χ2v) is 5.24. The Labute approximate surface area is 124 Å². The highest BCUT2D eigenvalue weighted by atomic mass is 16.1. The maximum absolute atomic E-state index is 11.5. The van der Waals surface area contributed by atoms with E-state index < -0.39 is 0 Å². The Kier molecular flexibility index (Phi) is 5.31. The van der Waals surface area contributed by atoms with Crippen molar-refractivity contribution in [1.82, 2.24) is 20.1 Å². The van der Waals surface area contributed by atoms with Gasteiger partial charge in [-0.15, -0.1) is 10.2 Å². The summed E-state index contributed by atoms with van der Waals surface area (Å²) in [7, 11) is 0. The Morgan fingerprint density at radius 1 is 1.19 bits per heavy atom. The molecule has 6 nitrogen and oxygen atoms in total. The molecule has 0 aromatic carbocycles. The topological polar surface area (TPSA) is 71.8 Å². The highest BCUT2D eigenvalue weighted by Crippen LogP contribution is 2.06. The summed E-state index contributed by atoms with van der Waals surface area (Å²) in [5.41, 5.74) is 0. The van der Waals surface area contributed by atoms with Gasteiger partial charge in [0, 0.05) is 31.9 Å². The number of anilines is 1. The summed E-state index contributed by atoms with van der Waals surface area (Å²) in [6, 6.07) is 7.65. The standard InChI is InChI=1S/C15H21N5O/c1-12(2)11-15(21)17-8-7-16-13-5-6-14(19-18-13)20-9-3-4-10-20/h3-6,9-10,12H,7-8,11H2,1-2H3,(H,16,18)(H,17,21). The molecule has 0 unspecified atom stereocenters. The molecule has 2 heterocycles. The number of hydrogen-bond acceptors (Lipinski definition) is 4. The highest BCUT2D eigenvalue weighted by molar-refractivity contribution is 5.76. The van der Waals surface area contributed by atoms with Gasteiger partial charge in [-0.1, -0.05) is 13.8 Å². The van der Waals surface area contributed by atoms with Gasteiger partial charge in [-0.2, -0.15) is 0 Å². The van der Waals surface area contributed by atoms with Crippen LogP contribution < -0.4 is 10.6 Å². The van der Waals surface area contributed by atoms with Crippen molar-refractivity contribution < 1.29 is 4.79 Å². The van der Waals surface area contributed by atoms with Gasteiger partial charge in [0.2, 0.25) is 5.91 Å². The van der Waals surface area contributed by atoms with Crippen LogP contribution in [0.3, 0.4) is 0 Å². The molecule has 0 saturated heterocycles. The van der Waals surface area contributed by atoms with E-state index in [1.165, 1.54) is 0 Å². The SMILES string of the molecule is CC(C)CC(=O)NCCNc1ccc(-n2cccc2)nn1. The van der Waals surface area contributed by atoms with Gasteiger partial charge in [-0.3, -0.25) is 4.79 Å². The molecule has 0 aliphatic heterocycles. The molecule has 112 valence electrons. The summed E-state index contributed by atoms with van der Waals surface area (Å²) < 4.78 is 1.89. The molecular weight excluding hydrogens is 266 g/mol. The fourth-order valence-corrected chi connectivity index (χ4v) is 1.88. The molecule has 0 saturated carbocycles. The van der Waals surface area contributed by atoms with E-state index in [0.29, 0.717) is 31.2 Å². The molecule has 0 spiro atoms. The van der Waals surface area contributed by atoms with Gasteiger partial charge in [0.25, 0.3) is 0 Å². The van der Waals surface area contributed by atoms with Crippen LogP contribution >= 0.6 is 0 Å². The normalized spacial score (nSPS) is 10.6. The third-order valence-electron chi connectivity index (χ3n) is 2.87. The summed E-state index contributed by atoms with van der Waals surface area (Å²) >= 11 is 0. The lowest BCUT2D eigenvalue weighted by molar-refractivity contribution is -0.121. The van der Waals surface area contributed by atoms with E-state index in [2.05, 4.69) is 20.8 Å². The molecule has 0 bridgehead atoms. The maximum atomic E-state index is 11.5. The minimum atomic E-state index is 0.0841. The van der Waals surface area contributed by atoms with Crippen LogP contribution in [0.15, 0.2) is 36.7 Å². The number of carbonyl (C=O) groups excluding carboxylic acids is 1. The minimum Gasteiger partial charge on any atom is -0.367 e. The minimum absolute atomic E-state index is 0.0841. The second kappa shape index (κ2) is 7.42. The molecular formula is C15H21N5O. The monoisotopic (exact) mass is 287 g/mol. The van der Waals surface area contributed by atoms with E-state index >= 15 is 0 Å². The number of aromatic nitrogens is 3. The molecule has 2 aromatic rings. The van der Waals surface area contributed by atoms with Crippen molar-refractivity contribution in [3.63, 3.8) is 0 Å². The average Bonchev–Trinajstić information content (AvgIpc) is 2.98. The van der Waals surface area contributed by atoms with Crippen molar-refractivity contribution in [3.05, 3.63) is 36.7 Å². The molecule has 2 rings (SSSR count). The summed E-state index contributed by atoms with van der Waals surface area (Å²) in [4.78, 5) is 11.5. The van der Waals surface area contributed by atoms with Crippen molar-refractivity contribution >= 4 is 11.7 Å². The first-order valence-electron chi connectivity index (χ1n) is 7.13. The summed E-state index contributed by atoms with van der Waals surface area (Å²) in [5, 5.41) is 14.2. The van der Waals surface area contributed by atoms with E-state index in [-0.39, 0.29) is 5.91 Å². The quantitative estimate of drug-likeness (QED) is 0.762. The van der Waals surface area contributed by atoms with Gasteiger partial charge in [0.1, 0.15) is 5.82 Å². The Morgan fingerprint density at radius 2 is 1.95 bits per heavy atom. The molecule has 2 aromatic heterocycles. The van der Waals surface area contributed by atoms with Crippen LogP contribution in [-0.4, -0.2) is 33.8 Å². The lowest BCUT2D eigenvalue weighted by Crippen LogP contribution is -2.29. The first kappa shape index (κ1) is 15.0. The Bertz CT molecular complexity index is 548. The summed E-state index contributed by atoms with van der Waals surface area (Å²) in [6.45, 7) is 5.26. The molecule has 1 amide bonds. The zero-order chi connectivity index (χ0) is 15.1. The van der Waals surface area contributed by atoms with E-state index in [0.717, 1.165) is 5.82 Å². The molecule has 0 aliphatic carbocycles. The number of carbonyl (C=O) groups is 1. The van der Waals surface area contributed by atoms with Crippen LogP contribution in [0.4, 0.5) is 5.82 Å². The third-order valence-corrected chi connectivity index (χ3v) is 2.87. The van der Waals surface area contributed by atoms with Crippen LogP contribution in [0.1, 0.15) is 20.3 Å². The first-order valence-corrected chi connectivity index (χ1v) is 7.13. The number of rotatable bonds is 7. The number of nitrogens with one attached hydrogen (secondary N) is 2. The van der Waals surface area contributed by atoms with Crippen LogP contribution in [0.25, 0.3) is 5.82 Å². The number of amides is 1. The van der Waals surface area contributed by atoms with Gasteiger partial charge in [0.15, 0.2) is 5.82 Å². The fourth-order valence-electron chi connectivity index (χ4n) is 1.88. The molecule has 0 fully saturated rings. The maximum Gasteiger partial charge on any atom is 0.220 e. The molecule has 0 radical (unpaired) electrons. The van der Waals surface area contributed by atoms with E-state index in [1.807, 2.05) is 55.1 Å². The Morgan fingerprint density at radius 3 is 2.57 bits per heavy atom. The van der Waals surface area contributed by atoms with Crippen LogP contribution in [0.5, 0.6) is 0 Å². The first-order chi connectivity index (χ1) is 10.1. The van der Waals surface area contributed by atoms with Gasteiger partial charge in [0.05, 0.1) is 0 Å². The van der Waals surface area contributed by atoms with E-state index in [1.54, 1.807) is 0 Å².